The zero-order valence-electron chi connectivity index (χ0n) is 25.1. The van der Waals surface area contributed by atoms with Crippen molar-refractivity contribution in [2.24, 2.45) is 5.92 Å². The van der Waals surface area contributed by atoms with Gasteiger partial charge in [-0.25, -0.2) is 8.78 Å². The van der Waals surface area contributed by atoms with Crippen molar-refractivity contribution in [2.45, 2.75) is 75.9 Å². The van der Waals surface area contributed by atoms with Crippen molar-refractivity contribution in [3.8, 4) is 17.3 Å². The first-order valence-corrected chi connectivity index (χ1v) is 16.6. The van der Waals surface area contributed by atoms with Crippen LogP contribution in [0.15, 0.2) is 18.5 Å². The van der Waals surface area contributed by atoms with E-state index in [-0.39, 0.29) is 35.2 Å². The van der Waals surface area contributed by atoms with Gasteiger partial charge in [-0.05, 0) is 69.0 Å². The predicted molar refractivity (Wildman–Crippen MR) is 168 cm³/mol. The Bertz CT molecular complexity index is 1800. The third-order valence-electron chi connectivity index (χ3n) is 10.4. The number of H-pyrrole nitrogens is 1. The monoisotopic (exact) mass is 635 g/mol. The number of hydrogen-bond donors (Lipinski definition) is 1. The van der Waals surface area contributed by atoms with E-state index < -0.39 is 12.0 Å². The molecule has 9 nitrogen and oxygen atoms in total. The van der Waals surface area contributed by atoms with E-state index in [1.807, 2.05) is 0 Å². The lowest BCUT2D eigenvalue weighted by Gasteiger charge is -2.34. The van der Waals surface area contributed by atoms with Crippen LogP contribution in [0.4, 0.5) is 14.6 Å². The fourth-order valence-corrected chi connectivity index (χ4v) is 8.51. The second-order valence-corrected chi connectivity index (χ2v) is 13.7. The molecular formula is C33H36ClF2N7O2. The molecule has 0 aliphatic carbocycles. The fourth-order valence-electron chi connectivity index (χ4n) is 8.21. The number of anilines is 1. The number of carbonyl (C=O) groups excluding carboxylic acids is 1. The van der Waals surface area contributed by atoms with Gasteiger partial charge in [-0.15, -0.1) is 0 Å². The summed E-state index contributed by atoms with van der Waals surface area (Å²) in [6, 6.07) is 1.87. The molecule has 0 amide bonds. The van der Waals surface area contributed by atoms with Crippen molar-refractivity contribution in [1.29, 1.82) is 0 Å². The Morgan fingerprint density at radius 1 is 1.07 bits per heavy atom. The van der Waals surface area contributed by atoms with Crippen molar-refractivity contribution in [2.75, 3.05) is 37.7 Å². The summed E-state index contributed by atoms with van der Waals surface area (Å²) in [4.78, 5) is 31.5. The first-order valence-electron chi connectivity index (χ1n) is 16.2. The van der Waals surface area contributed by atoms with Gasteiger partial charge < -0.3 is 9.64 Å². The summed E-state index contributed by atoms with van der Waals surface area (Å²) in [7, 11) is 0. The minimum absolute atomic E-state index is 0.0790. The molecule has 8 heterocycles. The Hall–Kier alpha value is -3.44. The van der Waals surface area contributed by atoms with Gasteiger partial charge in [0.1, 0.15) is 35.6 Å². The van der Waals surface area contributed by atoms with Gasteiger partial charge in [0.15, 0.2) is 5.82 Å². The van der Waals surface area contributed by atoms with Crippen molar-refractivity contribution >= 4 is 45.0 Å². The maximum Gasteiger partial charge on any atom is 0.319 e. The van der Waals surface area contributed by atoms with Crippen LogP contribution in [-0.2, 0) is 11.2 Å². The lowest BCUT2D eigenvalue weighted by molar-refractivity contribution is -0.119. The van der Waals surface area contributed by atoms with Gasteiger partial charge in [0.25, 0.3) is 0 Å². The molecule has 236 valence electrons. The molecule has 0 unspecified atom stereocenters. The number of carbonyl (C=O) groups is 1. The van der Waals surface area contributed by atoms with Crippen molar-refractivity contribution in [3.05, 3.63) is 34.9 Å². The van der Waals surface area contributed by atoms with Crippen LogP contribution < -0.4 is 9.64 Å². The normalized spacial score (nSPS) is 25.8. The van der Waals surface area contributed by atoms with E-state index in [9.17, 15) is 9.18 Å². The molecule has 12 heteroatoms. The number of pyridine rings is 1. The van der Waals surface area contributed by atoms with Gasteiger partial charge in [-0.2, -0.15) is 15.1 Å². The summed E-state index contributed by atoms with van der Waals surface area (Å²) in [5, 5.41) is 8.81. The first-order chi connectivity index (χ1) is 21.9. The van der Waals surface area contributed by atoms with E-state index in [4.69, 9.17) is 26.3 Å². The molecule has 0 saturated carbocycles. The molecule has 6 bridgehead atoms. The van der Waals surface area contributed by atoms with E-state index in [1.165, 1.54) is 0 Å². The minimum Gasteiger partial charge on any atom is -0.461 e. The number of Topliss-reactive ketones (excluding diaryl/α,β-unsaturated/α-hetero) is 1. The number of ketones is 1. The number of aromatic nitrogens is 5. The van der Waals surface area contributed by atoms with E-state index in [2.05, 4.69) is 25.0 Å². The highest BCUT2D eigenvalue weighted by Crippen LogP contribution is 2.42. The number of rotatable bonds is 3. The molecule has 3 fully saturated rings. The highest BCUT2D eigenvalue weighted by molar-refractivity contribution is 6.33. The van der Waals surface area contributed by atoms with Crippen LogP contribution >= 0.6 is 11.6 Å². The third kappa shape index (κ3) is 5.12. The predicted octanol–water partition coefficient (Wildman–Crippen LogP) is 6.22. The molecule has 0 radical (unpaired) electrons. The number of piperidine rings is 1. The molecule has 9 rings (SSSR count). The molecule has 5 aliphatic rings. The maximum atomic E-state index is 17.0. The molecule has 3 atom stereocenters. The number of fused-ring (bicyclic) bond motifs is 8. The average molecular weight is 636 g/mol. The van der Waals surface area contributed by atoms with Crippen molar-refractivity contribution < 1.29 is 18.3 Å². The summed E-state index contributed by atoms with van der Waals surface area (Å²) in [6.07, 6.45) is 9.52. The molecule has 0 spiro atoms. The standard InChI is InChI=1S/C33H36ClF2N7O2/c34-25-12-26-23(15-38-41-26)27-22(25)6-1-5-21(44)8-7-19-4-2-10-42(16-19)31-24-14-37-30(27)28(36)29(24)39-32(40-31)45-18-33-9-3-11-43(33)17-20(35)13-33/h12,14-15,19-20H,1-11,13,16-18H2,(H,38,41)/t19-,20-,33-/m0/s1. The Morgan fingerprint density at radius 2 is 1.98 bits per heavy atom. The van der Waals surface area contributed by atoms with Gasteiger partial charge in [0.2, 0.25) is 0 Å². The molecule has 3 saturated heterocycles. The maximum absolute atomic E-state index is 17.0. The summed E-state index contributed by atoms with van der Waals surface area (Å²) < 4.78 is 37.7. The topological polar surface area (TPSA) is 100 Å². The Kier molecular flexibility index (Phi) is 7.36. The summed E-state index contributed by atoms with van der Waals surface area (Å²) in [5.74, 6) is 0.537. The SMILES string of the molecule is O=C1CCCc2c(Cl)cc3[nH]ncc3c2-c2ncc3c(nc(OC[C@@]45CCCN4C[C@@H](F)C5)nc3c2F)N2CCC[C@@H](CC1)C2. The highest BCUT2D eigenvalue weighted by atomic mass is 35.5. The molecule has 5 aliphatic heterocycles. The Labute approximate surface area is 264 Å². The first kappa shape index (κ1) is 29.0. The molecule has 1 N–H and O–H groups in total. The second-order valence-electron chi connectivity index (χ2n) is 13.3. The highest BCUT2D eigenvalue weighted by Gasteiger charge is 2.49. The van der Waals surface area contributed by atoms with Crippen LogP contribution in [0, 0.1) is 11.7 Å². The van der Waals surface area contributed by atoms with Crippen LogP contribution in [0.1, 0.15) is 63.4 Å². The molecule has 3 aromatic heterocycles. The van der Waals surface area contributed by atoms with Gasteiger partial charge in [0.05, 0.1) is 22.6 Å². The quantitative estimate of drug-likeness (QED) is 0.283. The van der Waals surface area contributed by atoms with E-state index in [1.54, 1.807) is 18.5 Å². The molecular weight excluding hydrogens is 600 g/mol. The number of halogens is 3. The van der Waals surface area contributed by atoms with Crippen molar-refractivity contribution in [3.63, 3.8) is 0 Å². The number of hydrogen-bond acceptors (Lipinski definition) is 8. The van der Waals surface area contributed by atoms with Crippen LogP contribution in [0.2, 0.25) is 5.02 Å². The van der Waals surface area contributed by atoms with Gasteiger partial charge >= 0.3 is 6.01 Å². The number of benzene rings is 1. The van der Waals surface area contributed by atoms with E-state index in [0.29, 0.717) is 83.8 Å². The zero-order valence-corrected chi connectivity index (χ0v) is 25.9. The number of alkyl halides is 1. The number of nitrogens with zero attached hydrogens (tertiary/aromatic N) is 6. The lowest BCUT2D eigenvalue weighted by atomic mass is 9.90. The molecule has 1 aromatic carbocycles. The fraction of sp³-hybridized carbons (Fsp3) is 0.545. The summed E-state index contributed by atoms with van der Waals surface area (Å²) in [6.45, 7) is 2.96. The van der Waals surface area contributed by atoms with E-state index >= 15 is 4.39 Å². The minimum atomic E-state index is -0.885. The van der Waals surface area contributed by atoms with Crippen LogP contribution in [0.5, 0.6) is 6.01 Å². The van der Waals surface area contributed by atoms with Gasteiger partial charge in [0, 0.05) is 61.1 Å². The number of ether oxygens (including phenoxy) is 1. The Balaban J connectivity index is 1.29. The smallest absolute Gasteiger partial charge is 0.319 e. The summed E-state index contributed by atoms with van der Waals surface area (Å²) in [5.41, 5.74) is 1.80. The average Bonchev–Trinajstić information content (AvgIpc) is 3.73. The van der Waals surface area contributed by atoms with Gasteiger partial charge in [-0.3, -0.25) is 19.8 Å². The lowest BCUT2D eigenvalue weighted by Crippen LogP contribution is -2.43. The number of nitrogens with one attached hydrogen (secondary N) is 1. The van der Waals surface area contributed by atoms with Crippen molar-refractivity contribution in [1.82, 2.24) is 30.0 Å². The zero-order chi connectivity index (χ0) is 30.7. The van der Waals surface area contributed by atoms with Crippen LogP contribution in [0.25, 0.3) is 33.1 Å². The summed E-state index contributed by atoms with van der Waals surface area (Å²) >= 11 is 6.80. The second kappa shape index (κ2) is 11.4. The van der Waals surface area contributed by atoms with E-state index in [0.717, 1.165) is 50.8 Å². The van der Waals surface area contributed by atoms with Crippen LogP contribution in [0.3, 0.4) is 0 Å². The van der Waals surface area contributed by atoms with Crippen LogP contribution in [-0.4, -0.2) is 80.3 Å². The molecule has 45 heavy (non-hydrogen) atoms. The number of aromatic amines is 1. The molecule has 4 aromatic rings. The largest absolute Gasteiger partial charge is 0.461 e. The third-order valence-corrected chi connectivity index (χ3v) is 10.8. The Morgan fingerprint density at radius 3 is 2.89 bits per heavy atom. The van der Waals surface area contributed by atoms with Gasteiger partial charge in [-0.1, -0.05) is 11.6 Å².